The number of nitrogens with zero attached hydrogens (tertiary/aromatic N) is 1. The molecule has 0 saturated heterocycles. The summed E-state index contributed by atoms with van der Waals surface area (Å²) in [5.41, 5.74) is -0.917. The molecule has 1 N–H and O–H groups in total. The maximum atomic E-state index is 10.7. The minimum absolute atomic E-state index is 0.403. The average molecular weight is 270 g/mol. The summed E-state index contributed by atoms with van der Waals surface area (Å²) < 4.78 is 1.55. The Morgan fingerprint density at radius 3 is 2.70 bits per heavy atom. The molecule has 0 radical (unpaired) electrons. The van der Waals surface area contributed by atoms with Crippen LogP contribution in [0, 0.1) is 3.70 Å². The van der Waals surface area contributed by atoms with Gasteiger partial charge in [-0.25, -0.2) is 8.77 Å². The molecule has 0 saturated carbocycles. The van der Waals surface area contributed by atoms with Crippen molar-refractivity contribution < 1.29 is 0 Å². The molecule has 0 spiro atoms. The first-order chi connectivity index (χ1) is 4.61. The van der Waals surface area contributed by atoms with Crippen molar-refractivity contribution >= 4 is 35.4 Å². The van der Waals surface area contributed by atoms with E-state index in [0.717, 1.165) is 3.97 Å². The lowest BCUT2D eigenvalue weighted by Crippen LogP contribution is -2.26. The van der Waals surface area contributed by atoms with Gasteiger partial charge in [0.2, 0.25) is 0 Å². The topological polar surface area (TPSA) is 54.9 Å². The summed E-state index contributed by atoms with van der Waals surface area (Å²) >= 11 is 5.63. The van der Waals surface area contributed by atoms with Crippen LogP contribution < -0.4 is 11.2 Å². The molecule has 0 aliphatic rings. The van der Waals surface area contributed by atoms with E-state index >= 15 is 0 Å². The predicted octanol–water partition coefficient (Wildman–Crippen LogP) is -0.166. The Morgan fingerprint density at radius 2 is 2.20 bits per heavy atom. The molecular formula is C4H3IN2O2S. The van der Waals surface area contributed by atoms with Gasteiger partial charge in [-0.3, -0.25) is 9.78 Å². The maximum Gasteiger partial charge on any atom is 0.339 e. The van der Waals surface area contributed by atoms with Crippen LogP contribution in [0.3, 0.4) is 0 Å². The fourth-order valence-corrected chi connectivity index (χ4v) is 1.07. The van der Waals surface area contributed by atoms with Gasteiger partial charge in [0.25, 0.3) is 5.56 Å². The fourth-order valence-electron chi connectivity index (χ4n) is 0.461. The van der Waals surface area contributed by atoms with Gasteiger partial charge in [-0.1, -0.05) is 12.8 Å². The molecule has 0 aromatic carbocycles. The van der Waals surface area contributed by atoms with E-state index in [4.69, 9.17) is 0 Å². The predicted molar refractivity (Wildman–Crippen MR) is 48.4 cm³/mol. The van der Waals surface area contributed by atoms with E-state index in [0.29, 0.717) is 3.70 Å². The molecule has 0 aliphatic carbocycles. The van der Waals surface area contributed by atoms with Crippen molar-refractivity contribution in [2.45, 2.75) is 0 Å². The first-order valence-corrected chi connectivity index (χ1v) is 3.80. The second kappa shape index (κ2) is 2.79. The molecule has 0 bridgehead atoms. The van der Waals surface area contributed by atoms with Gasteiger partial charge in [0.15, 0.2) is 0 Å². The number of nitrogens with one attached hydrogen (secondary N) is 1. The Labute approximate surface area is 75.0 Å². The third kappa shape index (κ3) is 1.43. The fraction of sp³-hybridized carbons (Fsp3) is 0. The number of rotatable bonds is 0. The van der Waals surface area contributed by atoms with Crippen LogP contribution in [0.2, 0.25) is 0 Å². The highest BCUT2D eigenvalue weighted by atomic mass is 127. The Hall–Kier alpha value is -0.240. The van der Waals surface area contributed by atoms with E-state index in [1.807, 2.05) is 27.6 Å². The quantitative estimate of drug-likeness (QED) is 0.391. The van der Waals surface area contributed by atoms with Crippen molar-refractivity contribution in [3.63, 3.8) is 0 Å². The summed E-state index contributed by atoms with van der Waals surface area (Å²) in [7, 11) is 0. The highest BCUT2D eigenvalue weighted by molar-refractivity contribution is 14.1. The third-order valence-electron chi connectivity index (χ3n) is 0.875. The van der Waals surface area contributed by atoms with Gasteiger partial charge in [-0.05, 0) is 22.6 Å². The molecule has 0 aliphatic heterocycles. The summed E-state index contributed by atoms with van der Waals surface area (Å²) in [4.78, 5) is 23.3. The van der Waals surface area contributed by atoms with Crippen LogP contribution in [0.15, 0.2) is 15.7 Å². The van der Waals surface area contributed by atoms with Gasteiger partial charge in [-0.2, -0.15) is 0 Å². The van der Waals surface area contributed by atoms with E-state index < -0.39 is 11.2 Å². The minimum Gasteiger partial charge on any atom is -0.273 e. The molecule has 1 aromatic heterocycles. The Morgan fingerprint density at radius 1 is 1.60 bits per heavy atom. The van der Waals surface area contributed by atoms with Gasteiger partial charge in [0.05, 0.1) is 0 Å². The largest absolute Gasteiger partial charge is 0.339 e. The number of thiol groups is 1. The number of halogens is 1. The van der Waals surface area contributed by atoms with E-state index in [-0.39, 0.29) is 0 Å². The molecule has 1 rings (SSSR count). The average Bonchev–Trinajstić information content (AvgIpc) is 1.82. The number of aromatic nitrogens is 2. The molecule has 10 heavy (non-hydrogen) atoms. The smallest absolute Gasteiger partial charge is 0.273 e. The molecule has 1 heterocycles. The second-order valence-corrected chi connectivity index (χ2v) is 3.08. The Balaban J connectivity index is 3.62. The van der Waals surface area contributed by atoms with Crippen molar-refractivity contribution in [1.29, 1.82) is 0 Å². The van der Waals surface area contributed by atoms with Gasteiger partial charge in [0.1, 0.15) is 3.70 Å². The highest BCUT2D eigenvalue weighted by Crippen LogP contribution is 1.96. The normalized spacial score (nSPS) is 9.80. The van der Waals surface area contributed by atoms with E-state index in [1.54, 1.807) is 0 Å². The van der Waals surface area contributed by atoms with Crippen LogP contribution in [0.1, 0.15) is 0 Å². The van der Waals surface area contributed by atoms with Crippen molar-refractivity contribution in [1.82, 2.24) is 8.96 Å². The summed E-state index contributed by atoms with van der Waals surface area (Å²) in [6, 6.07) is 1.29. The van der Waals surface area contributed by atoms with E-state index in [1.165, 1.54) is 6.07 Å². The van der Waals surface area contributed by atoms with Gasteiger partial charge >= 0.3 is 5.69 Å². The monoisotopic (exact) mass is 270 g/mol. The zero-order valence-corrected chi connectivity index (χ0v) is 7.72. The van der Waals surface area contributed by atoms with E-state index in [2.05, 4.69) is 12.8 Å². The number of H-pyrrole nitrogens is 1. The van der Waals surface area contributed by atoms with Gasteiger partial charge < -0.3 is 0 Å². The van der Waals surface area contributed by atoms with Crippen molar-refractivity contribution in [3.05, 3.63) is 30.6 Å². The molecule has 0 fully saturated rings. The first-order valence-electron chi connectivity index (χ1n) is 2.32. The van der Waals surface area contributed by atoms with Crippen molar-refractivity contribution in [2.75, 3.05) is 0 Å². The summed E-state index contributed by atoms with van der Waals surface area (Å²) in [6.07, 6.45) is 0. The molecule has 4 nitrogen and oxygen atoms in total. The van der Waals surface area contributed by atoms with E-state index in [9.17, 15) is 9.59 Å². The van der Waals surface area contributed by atoms with Gasteiger partial charge in [0, 0.05) is 6.07 Å². The minimum atomic E-state index is -0.514. The third-order valence-corrected chi connectivity index (χ3v) is 2.45. The lowest BCUT2D eigenvalue weighted by atomic mass is 10.7. The molecule has 6 heteroatoms. The lowest BCUT2D eigenvalue weighted by Gasteiger charge is -1.94. The SMILES string of the molecule is O=c1cc(I)n(S)c(=O)[nH]1. The van der Waals surface area contributed by atoms with Crippen molar-refractivity contribution in [2.24, 2.45) is 0 Å². The van der Waals surface area contributed by atoms with Crippen LogP contribution >= 0.6 is 35.4 Å². The summed E-state index contributed by atoms with van der Waals surface area (Å²) in [6.45, 7) is 0. The maximum absolute atomic E-state index is 10.7. The molecule has 0 amide bonds. The van der Waals surface area contributed by atoms with Crippen LogP contribution in [-0.4, -0.2) is 8.96 Å². The molecule has 1 aromatic rings. The molecule has 0 unspecified atom stereocenters. The Bertz CT molecular complexity index is 355. The van der Waals surface area contributed by atoms with Crippen LogP contribution in [0.5, 0.6) is 0 Å². The molecule has 54 valence electrons. The van der Waals surface area contributed by atoms with Crippen LogP contribution in [0.25, 0.3) is 0 Å². The second-order valence-electron chi connectivity index (χ2n) is 1.57. The molecule has 0 atom stereocenters. The molecular weight excluding hydrogens is 267 g/mol. The number of aromatic amines is 1. The Kier molecular flexibility index (Phi) is 2.19. The standard InChI is InChI=1S/C4H3IN2O2S/c5-2-1-3(8)6-4(9)7(2)10/h1,10H,(H,6,8,9). The van der Waals surface area contributed by atoms with Crippen LogP contribution in [-0.2, 0) is 0 Å². The zero-order valence-electron chi connectivity index (χ0n) is 4.67. The first kappa shape index (κ1) is 7.86. The van der Waals surface area contributed by atoms with Gasteiger partial charge in [-0.15, -0.1) is 0 Å². The zero-order chi connectivity index (χ0) is 7.72. The number of hydrogen-bond acceptors (Lipinski definition) is 3. The highest BCUT2D eigenvalue weighted by Gasteiger charge is 1.96. The lowest BCUT2D eigenvalue weighted by molar-refractivity contribution is 0.970. The summed E-state index contributed by atoms with van der Waals surface area (Å²) in [5, 5.41) is 0. The van der Waals surface area contributed by atoms with Crippen molar-refractivity contribution in [3.8, 4) is 0 Å². The summed E-state index contributed by atoms with van der Waals surface area (Å²) in [5.74, 6) is 0. The number of hydrogen-bond donors (Lipinski definition) is 2. The van der Waals surface area contributed by atoms with Crippen LogP contribution in [0.4, 0.5) is 0 Å².